The van der Waals surface area contributed by atoms with Gasteiger partial charge in [-0.2, -0.15) is 11.8 Å². The predicted octanol–water partition coefficient (Wildman–Crippen LogP) is 2.46. The summed E-state index contributed by atoms with van der Waals surface area (Å²) in [6.07, 6.45) is 9.58. The molecule has 0 unspecified atom stereocenters. The number of thioether (sulfide) groups is 1. The maximum atomic E-state index is 12.9. The second kappa shape index (κ2) is 6.27. The van der Waals surface area contributed by atoms with Crippen molar-refractivity contribution in [2.75, 3.05) is 44.7 Å². The van der Waals surface area contributed by atoms with Crippen LogP contribution in [0.25, 0.3) is 0 Å². The molecule has 3 rings (SSSR count). The highest BCUT2D eigenvalue weighted by atomic mass is 32.2. The van der Waals surface area contributed by atoms with E-state index in [-0.39, 0.29) is 5.41 Å². The van der Waals surface area contributed by atoms with Gasteiger partial charge in [0.25, 0.3) is 0 Å². The lowest BCUT2D eigenvalue weighted by Crippen LogP contribution is -2.50. The number of hydrogen-bond acceptors (Lipinski definition) is 3. The summed E-state index contributed by atoms with van der Waals surface area (Å²) in [7, 11) is 0. The Labute approximate surface area is 127 Å². The molecular weight excluding hydrogens is 268 g/mol. The van der Waals surface area contributed by atoms with Crippen molar-refractivity contribution in [3.05, 3.63) is 0 Å². The van der Waals surface area contributed by atoms with Crippen molar-refractivity contribution in [3.63, 3.8) is 0 Å². The molecule has 0 aromatic rings. The summed E-state index contributed by atoms with van der Waals surface area (Å²) in [5, 5.41) is 0. The molecule has 0 N–H and O–H groups in total. The molecule has 0 aromatic heterocycles. The van der Waals surface area contributed by atoms with Crippen LogP contribution in [0.15, 0.2) is 0 Å². The Morgan fingerprint density at radius 3 is 2.90 bits per heavy atom. The Balaban J connectivity index is 1.55. The van der Waals surface area contributed by atoms with Gasteiger partial charge in [-0.05, 0) is 69.5 Å². The Hall–Kier alpha value is -0.220. The molecule has 2 saturated heterocycles. The minimum atomic E-state index is -0.00744. The largest absolute Gasteiger partial charge is 0.342 e. The average molecular weight is 296 g/mol. The molecular formula is C16H28N2OS. The van der Waals surface area contributed by atoms with Crippen LogP contribution in [0.3, 0.4) is 0 Å². The third kappa shape index (κ3) is 3.16. The van der Waals surface area contributed by atoms with Crippen LogP contribution in [0.4, 0.5) is 0 Å². The zero-order valence-corrected chi connectivity index (χ0v) is 13.6. The van der Waals surface area contributed by atoms with E-state index < -0.39 is 0 Å². The van der Waals surface area contributed by atoms with Gasteiger partial charge < -0.3 is 9.80 Å². The van der Waals surface area contributed by atoms with Crippen LogP contribution in [0.5, 0.6) is 0 Å². The molecule has 0 bridgehead atoms. The first-order valence-electron chi connectivity index (χ1n) is 8.24. The van der Waals surface area contributed by atoms with Gasteiger partial charge in [0, 0.05) is 19.6 Å². The average Bonchev–Trinajstić information content (AvgIpc) is 3.17. The van der Waals surface area contributed by atoms with E-state index in [1.807, 2.05) is 11.8 Å². The van der Waals surface area contributed by atoms with Crippen LogP contribution in [0, 0.1) is 11.3 Å². The third-order valence-corrected chi connectivity index (χ3v) is 5.95. The summed E-state index contributed by atoms with van der Waals surface area (Å²) < 4.78 is 0. The van der Waals surface area contributed by atoms with Gasteiger partial charge in [0.2, 0.25) is 5.91 Å². The van der Waals surface area contributed by atoms with Gasteiger partial charge >= 0.3 is 0 Å². The standard InChI is InChI=1S/C16H28N2OS/c1-20-11-3-8-17-10-7-16(13-17)6-2-9-18(15(16)19)12-14-4-5-14/h14H,2-13H2,1H3/t16-/m0/s1. The quantitative estimate of drug-likeness (QED) is 0.704. The molecule has 0 aromatic carbocycles. The lowest BCUT2D eigenvalue weighted by atomic mass is 9.78. The van der Waals surface area contributed by atoms with Gasteiger partial charge in [-0.1, -0.05) is 0 Å². The van der Waals surface area contributed by atoms with Crippen LogP contribution >= 0.6 is 11.8 Å². The Morgan fingerprint density at radius 2 is 2.15 bits per heavy atom. The molecule has 2 heterocycles. The molecule has 0 radical (unpaired) electrons. The number of rotatable bonds is 6. The van der Waals surface area contributed by atoms with Crippen LogP contribution in [0.2, 0.25) is 0 Å². The summed E-state index contributed by atoms with van der Waals surface area (Å²) in [5.74, 6) is 2.56. The first kappa shape index (κ1) is 14.7. The highest BCUT2D eigenvalue weighted by Crippen LogP contribution is 2.41. The fourth-order valence-corrected chi connectivity index (χ4v) is 4.32. The fourth-order valence-electron chi connectivity index (χ4n) is 3.90. The molecule has 114 valence electrons. The number of piperidine rings is 1. The van der Waals surface area contributed by atoms with Gasteiger partial charge in [0.05, 0.1) is 5.41 Å². The summed E-state index contributed by atoms with van der Waals surface area (Å²) in [4.78, 5) is 17.6. The Kier molecular flexibility index (Phi) is 4.61. The molecule has 1 atom stereocenters. The van der Waals surface area contributed by atoms with E-state index in [1.165, 1.54) is 38.0 Å². The molecule has 1 aliphatic carbocycles. The maximum Gasteiger partial charge on any atom is 0.230 e. The molecule has 1 saturated carbocycles. The van der Waals surface area contributed by atoms with E-state index in [0.29, 0.717) is 5.91 Å². The van der Waals surface area contributed by atoms with Gasteiger partial charge in [-0.15, -0.1) is 0 Å². The van der Waals surface area contributed by atoms with Crippen LogP contribution < -0.4 is 0 Å². The topological polar surface area (TPSA) is 23.6 Å². The molecule has 1 spiro atoms. The van der Waals surface area contributed by atoms with Crippen LogP contribution in [0.1, 0.15) is 38.5 Å². The third-order valence-electron chi connectivity index (χ3n) is 5.26. The first-order valence-corrected chi connectivity index (χ1v) is 9.64. The molecule has 20 heavy (non-hydrogen) atoms. The van der Waals surface area contributed by atoms with E-state index >= 15 is 0 Å². The van der Waals surface area contributed by atoms with Crippen molar-refractivity contribution < 1.29 is 4.79 Å². The lowest BCUT2D eigenvalue weighted by molar-refractivity contribution is -0.145. The van der Waals surface area contributed by atoms with Crippen molar-refractivity contribution >= 4 is 17.7 Å². The zero-order valence-electron chi connectivity index (χ0n) is 12.8. The van der Waals surface area contributed by atoms with Crippen molar-refractivity contribution in [2.45, 2.75) is 38.5 Å². The van der Waals surface area contributed by atoms with Crippen molar-refractivity contribution in [3.8, 4) is 0 Å². The second-order valence-corrected chi connectivity index (χ2v) is 7.94. The Morgan fingerprint density at radius 1 is 1.30 bits per heavy atom. The predicted molar refractivity (Wildman–Crippen MR) is 85.0 cm³/mol. The van der Waals surface area contributed by atoms with Crippen molar-refractivity contribution in [1.82, 2.24) is 9.80 Å². The summed E-state index contributed by atoms with van der Waals surface area (Å²) in [6.45, 7) is 5.41. The van der Waals surface area contributed by atoms with E-state index in [4.69, 9.17) is 0 Å². The molecule has 1 amide bonds. The monoisotopic (exact) mass is 296 g/mol. The van der Waals surface area contributed by atoms with Gasteiger partial charge in [0.1, 0.15) is 0 Å². The van der Waals surface area contributed by atoms with Crippen LogP contribution in [-0.2, 0) is 4.79 Å². The summed E-state index contributed by atoms with van der Waals surface area (Å²) in [6, 6.07) is 0. The van der Waals surface area contributed by atoms with Crippen LogP contribution in [-0.4, -0.2) is 60.4 Å². The Bertz CT molecular complexity index is 358. The number of hydrogen-bond donors (Lipinski definition) is 0. The van der Waals surface area contributed by atoms with E-state index in [9.17, 15) is 4.79 Å². The van der Waals surface area contributed by atoms with Gasteiger partial charge in [0.15, 0.2) is 0 Å². The van der Waals surface area contributed by atoms with Crippen molar-refractivity contribution in [1.29, 1.82) is 0 Å². The second-order valence-electron chi connectivity index (χ2n) is 6.95. The van der Waals surface area contributed by atoms with Gasteiger partial charge in [-0.25, -0.2) is 0 Å². The fraction of sp³-hybridized carbons (Fsp3) is 0.938. The first-order chi connectivity index (χ1) is 9.73. The SMILES string of the molecule is CSCCCN1CC[C@@]2(CCCN(CC3CC3)C2=O)C1. The van der Waals surface area contributed by atoms with E-state index in [1.54, 1.807) is 0 Å². The highest BCUT2D eigenvalue weighted by Gasteiger charge is 2.48. The number of nitrogens with zero attached hydrogens (tertiary/aromatic N) is 2. The molecule has 4 heteroatoms. The minimum absolute atomic E-state index is 0.00744. The lowest BCUT2D eigenvalue weighted by Gasteiger charge is -2.39. The molecule has 2 aliphatic heterocycles. The maximum absolute atomic E-state index is 12.9. The molecule has 3 fully saturated rings. The van der Waals surface area contributed by atoms with Gasteiger partial charge in [-0.3, -0.25) is 4.79 Å². The number of carbonyl (C=O) groups is 1. The summed E-state index contributed by atoms with van der Waals surface area (Å²) >= 11 is 1.92. The smallest absolute Gasteiger partial charge is 0.230 e. The number of likely N-dealkylation sites (tertiary alicyclic amines) is 2. The highest BCUT2D eigenvalue weighted by molar-refractivity contribution is 7.98. The molecule has 3 nitrogen and oxygen atoms in total. The summed E-state index contributed by atoms with van der Waals surface area (Å²) in [5.41, 5.74) is -0.00744. The normalized spacial score (nSPS) is 31.4. The number of amides is 1. The van der Waals surface area contributed by atoms with E-state index in [0.717, 1.165) is 44.9 Å². The zero-order chi connectivity index (χ0) is 14.0. The molecule has 3 aliphatic rings. The van der Waals surface area contributed by atoms with E-state index in [2.05, 4.69) is 16.1 Å². The minimum Gasteiger partial charge on any atom is -0.342 e. The van der Waals surface area contributed by atoms with Crippen molar-refractivity contribution in [2.24, 2.45) is 11.3 Å². The number of carbonyl (C=O) groups excluding carboxylic acids is 1.